The van der Waals surface area contributed by atoms with Crippen LogP contribution in [0.25, 0.3) is 0 Å². The fourth-order valence-electron chi connectivity index (χ4n) is 2.62. The van der Waals surface area contributed by atoms with Gasteiger partial charge in [0.2, 0.25) is 0 Å². The van der Waals surface area contributed by atoms with Crippen molar-refractivity contribution in [2.45, 2.75) is 46.1 Å². The van der Waals surface area contributed by atoms with Crippen LogP contribution in [-0.4, -0.2) is 0 Å². The predicted molar refractivity (Wildman–Crippen MR) is 92.8 cm³/mol. The highest BCUT2D eigenvalue weighted by Crippen LogP contribution is 2.27. The Morgan fingerprint density at radius 1 is 0.810 bits per heavy atom. The molecule has 0 saturated carbocycles. The zero-order valence-electron chi connectivity index (χ0n) is 13.6. The molecule has 112 valence electrons. The zero-order valence-corrected chi connectivity index (χ0v) is 13.6. The summed E-state index contributed by atoms with van der Waals surface area (Å²) >= 11 is 0. The molecule has 1 heteroatoms. The summed E-state index contributed by atoms with van der Waals surface area (Å²) in [5, 5.41) is 3.68. The minimum absolute atomic E-state index is 0.348. The van der Waals surface area contributed by atoms with Crippen molar-refractivity contribution in [1.29, 1.82) is 0 Å². The van der Waals surface area contributed by atoms with Gasteiger partial charge in [-0.2, -0.15) is 0 Å². The minimum atomic E-state index is 0.348. The number of hydrogen-bond acceptors (Lipinski definition) is 1. The first-order valence-electron chi connectivity index (χ1n) is 8.03. The molecular weight excluding hydrogens is 254 g/mol. The molecule has 0 fully saturated rings. The number of benzene rings is 2. The molecule has 2 aromatic rings. The number of rotatable bonds is 6. The lowest BCUT2D eigenvalue weighted by Gasteiger charge is -2.24. The maximum absolute atomic E-state index is 3.68. The summed E-state index contributed by atoms with van der Waals surface area (Å²) in [4.78, 5) is 0. The molecule has 2 unspecified atom stereocenters. The van der Waals surface area contributed by atoms with E-state index in [0.29, 0.717) is 17.9 Å². The number of hydrogen-bond donors (Lipinski definition) is 1. The lowest BCUT2D eigenvalue weighted by molar-refractivity contribution is 0.546. The van der Waals surface area contributed by atoms with Crippen LogP contribution in [0.4, 0.5) is 5.69 Å². The largest absolute Gasteiger partial charge is 0.378 e. The maximum Gasteiger partial charge on any atom is 0.0536 e. The summed E-state index contributed by atoms with van der Waals surface area (Å²) in [6.45, 7) is 9.04. The smallest absolute Gasteiger partial charge is 0.0536 e. The van der Waals surface area contributed by atoms with Gasteiger partial charge >= 0.3 is 0 Å². The first-order valence-corrected chi connectivity index (χ1v) is 8.03. The third-order valence-electron chi connectivity index (χ3n) is 4.24. The summed E-state index contributed by atoms with van der Waals surface area (Å²) < 4.78 is 0. The topological polar surface area (TPSA) is 12.0 Å². The highest BCUT2D eigenvalue weighted by atomic mass is 14.9. The van der Waals surface area contributed by atoms with Crippen LogP contribution in [0.3, 0.4) is 0 Å². The summed E-state index contributed by atoms with van der Waals surface area (Å²) in [6, 6.07) is 20.0. The molecule has 2 atom stereocenters. The Bertz CT molecular complexity index is 528. The van der Waals surface area contributed by atoms with E-state index in [9.17, 15) is 0 Å². The van der Waals surface area contributed by atoms with E-state index in [1.807, 2.05) is 0 Å². The Kier molecular flexibility index (Phi) is 5.44. The van der Waals surface area contributed by atoms with Crippen molar-refractivity contribution in [2.75, 3.05) is 5.32 Å². The Labute approximate surface area is 129 Å². The van der Waals surface area contributed by atoms with Gasteiger partial charge in [-0.25, -0.2) is 0 Å². The van der Waals surface area contributed by atoms with Crippen molar-refractivity contribution in [3.8, 4) is 0 Å². The molecular formula is C20H27N. The highest BCUT2D eigenvalue weighted by Gasteiger charge is 2.15. The molecule has 0 amide bonds. The monoisotopic (exact) mass is 281 g/mol. The van der Waals surface area contributed by atoms with Crippen LogP contribution >= 0.6 is 0 Å². The van der Waals surface area contributed by atoms with Gasteiger partial charge in [0.15, 0.2) is 0 Å². The van der Waals surface area contributed by atoms with Crippen LogP contribution in [0.15, 0.2) is 54.6 Å². The Balaban J connectivity index is 2.14. The molecule has 0 aliphatic rings. The van der Waals surface area contributed by atoms with Gasteiger partial charge < -0.3 is 5.32 Å². The second-order valence-corrected chi connectivity index (χ2v) is 6.21. The van der Waals surface area contributed by atoms with Gasteiger partial charge in [-0.05, 0) is 41.5 Å². The SMILES string of the molecule is CCC(C)c1ccc(NC(c2ccccc2)C(C)C)cc1. The molecule has 0 aromatic heterocycles. The molecule has 0 spiro atoms. The van der Waals surface area contributed by atoms with Crippen molar-refractivity contribution < 1.29 is 0 Å². The fourth-order valence-corrected chi connectivity index (χ4v) is 2.62. The molecule has 0 bridgehead atoms. The van der Waals surface area contributed by atoms with Gasteiger partial charge in [-0.1, -0.05) is 70.2 Å². The van der Waals surface area contributed by atoms with Crippen molar-refractivity contribution in [3.63, 3.8) is 0 Å². The summed E-state index contributed by atoms with van der Waals surface area (Å²) in [7, 11) is 0. The minimum Gasteiger partial charge on any atom is -0.378 e. The summed E-state index contributed by atoms with van der Waals surface area (Å²) in [5.41, 5.74) is 3.96. The van der Waals surface area contributed by atoms with Crippen molar-refractivity contribution >= 4 is 5.69 Å². The first kappa shape index (κ1) is 15.6. The van der Waals surface area contributed by atoms with Gasteiger partial charge in [-0.15, -0.1) is 0 Å². The van der Waals surface area contributed by atoms with Gasteiger partial charge in [0.1, 0.15) is 0 Å². The van der Waals surface area contributed by atoms with Crippen LogP contribution in [0.5, 0.6) is 0 Å². The highest BCUT2D eigenvalue weighted by molar-refractivity contribution is 5.47. The molecule has 0 aliphatic heterocycles. The van der Waals surface area contributed by atoms with E-state index in [1.165, 1.54) is 23.2 Å². The molecule has 0 heterocycles. The van der Waals surface area contributed by atoms with Crippen LogP contribution in [0.2, 0.25) is 0 Å². The van der Waals surface area contributed by atoms with Gasteiger partial charge in [-0.3, -0.25) is 0 Å². The predicted octanol–water partition coefficient (Wildman–Crippen LogP) is 6.01. The van der Waals surface area contributed by atoms with E-state index in [-0.39, 0.29) is 0 Å². The third-order valence-corrected chi connectivity index (χ3v) is 4.24. The van der Waals surface area contributed by atoms with Crippen molar-refractivity contribution in [1.82, 2.24) is 0 Å². The van der Waals surface area contributed by atoms with Crippen LogP contribution in [0, 0.1) is 5.92 Å². The van der Waals surface area contributed by atoms with Gasteiger partial charge in [0.25, 0.3) is 0 Å². The van der Waals surface area contributed by atoms with E-state index >= 15 is 0 Å². The Hall–Kier alpha value is -1.76. The van der Waals surface area contributed by atoms with Gasteiger partial charge in [0.05, 0.1) is 6.04 Å². The zero-order chi connectivity index (χ0) is 15.2. The van der Waals surface area contributed by atoms with E-state index in [1.54, 1.807) is 0 Å². The lowest BCUT2D eigenvalue weighted by atomic mass is 9.95. The van der Waals surface area contributed by atoms with E-state index in [0.717, 1.165) is 0 Å². The van der Waals surface area contributed by atoms with Gasteiger partial charge in [0, 0.05) is 5.69 Å². The van der Waals surface area contributed by atoms with E-state index < -0.39 is 0 Å². The quantitative estimate of drug-likeness (QED) is 0.683. The molecule has 1 N–H and O–H groups in total. The molecule has 2 aromatic carbocycles. The standard InChI is InChI=1S/C20H27N/c1-5-16(4)17-11-13-19(14-12-17)21-20(15(2)3)18-9-7-6-8-10-18/h6-16,20-21H,5H2,1-4H3. The van der Waals surface area contributed by atoms with E-state index in [2.05, 4.69) is 87.6 Å². The average molecular weight is 281 g/mol. The van der Waals surface area contributed by atoms with E-state index in [4.69, 9.17) is 0 Å². The molecule has 0 saturated heterocycles. The molecule has 21 heavy (non-hydrogen) atoms. The lowest BCUT2D eigenvalue weighted by Crippen LogP contribution is -2.16. The van der Waals surface area contributed by atoms with Crippen molar-refractivity contribution in [2.24, 2.45) is 5.92 Å². The molecule has 1 nitrogen and oxygen atoms in total. The maximum atomic E-state index is 3.68. The molecule has 0 radical (unpaired) electrons. The second kappa shape index (κ2) is 7.31. The average Bonchev–Trinajstić information content (AvgIpc) is 2.53. The number of nitrogens with one attached hydrogen (secondary N) is 1. The normalized spacial score (nSPS) is 14.0. The molecule has 0 aliphatic carbocycles. The summed E-state index contributed by atoms with van der Waals surface area (Å²) in [6.07, 6.45) is 1.19. The molecule has 2 rings (SSSR count). The summed E-state index contributed by atoms with van der Waals surface area (Å²) in [5.74, 6) is 1.18. The second-order valence-electron chi connectivity index (χ2n) is 6.21. The first-order chi connectivity index (χ1) is 10.1. The van der Waals surface area contributed by atoms with Crippen LogP contribution < -0.4 is 5.32 Å². The Morgan fingerprint density at radius 3 is 1.95 bits per heavy atom. The van der Waals surface area contributed by atoms with Crippen LogP contribution in [0.1, 0.15) is 57.2 Å². The van der Waals surface area contributed by atoms with Crippen LogP contribution in [-0.2, 0) is 0 Å². The fraction of sp³-hybridized carbons (Fsp3) is 0.400. The third kappa shape index (κ3) is 4.10. The Morgan fingerprint density at radius 2 is 1.43 bits per heavy atom. The van der Waals surface area contributed by atoms with Crippen molar-refractivity contribution in [3.05, 3.63) is 65.7 Å². The number of anilines is 1.